The Kier molecular flexibility index (Phi) is 4.70. The molecule has 0 aliphatic heterocycles. The fourth-order valence-electron chi connectivity index (χ4n) is 1.55. The van der Waals surface area contributed by atoms with E-state index in [0.717, 1.165) is 4.90 Å². The van der Waals surface area contributed by atoms with Gasteiger partial charge in [-0.1, -0.05) is 12.1 Å². The van der Waals surface area contributed by atoms with Crippen molar-refractivity contribution in [1.29, 1.82) is 0 Å². The number of hydrogen-bond donors (Lipinski definition) is 2. The number of urea groups is 1. The Balaban J connectivity index is 2.52. The molecule has 1 unspecified atom stereocenters. The second-order valence-electron chi connectivity index (χ2n) is 3.96. The number of carbonyl (C=O) groups is 2. The lowest BCUT2D eigenvalue weighted by atomic mass is 10.2. The summed E-state index contributed by atoms with van der Waals surface area (Å²) in [6.45, 7) is 3.67. The molecule has 1 atom stereocenters. The van der Waals surface area contributed by atoms with Gasteiger partial charge in [0.1, 0.15) is 17.5 Å². The number of nitrogens with one attached hydrogen (secondary N) is 1. The number of carboxylic acid groups (broad SMARTS) is 1. The average molecular weight is 255 g/mol. The van der Waals surface area contributed by atoms with Crippen LogP contribution in [-0.4, -0.2) is 40.3 Å². The van der Waals surface area contributed by atoms with Crippen molar-refractivity contribution in [2.24, 2.45) is 0 Å². The number of hydrogen-bond acceptors (Lipinski definition) is 4. The predicted octanol–water partition coefficient (Wildman–Crippen LogP) is 0.988. The van der Waals surface area contributed by atoms with Crippen molar-refractivity contribution >= 4 is 12.0 Å². The first-order chi connectivity index (χ1) is 8.45. The maximum Gasteiger partial charge on any atom is 0.326 e. The standard InChI is InChI=1S/C11H17N3O4/c1-4-9(10(15)16)14(3)11(17)12-6-8-5-7(2)18-13-8/h5,9H,4,6H2,1-3H3,(H,12,17)(H,15,16). The molecule has 100 valence electrons. The molecule has 0 aliphatic carbocycles. The quantitative estimate of drug-likeness (QED) is 0.817. The predicted molar refractivity (Wildman–Crippen MR) is 63.0 cm³/mol. The number of rotatable bonds is 5. The molecule has 2 N–H and O–H groups in total. The van der Waals surface area contributed by atoms with E-state index in [4.69, 9.17) is 9.63 Å². The van der Waals surface area contributed by atoms with Gasteiger partial charge in [0, 0.05) is 13.1 Å². The number of carbonyl (C=O) groups excluding carboxylic acids is 1. The number of aromatic nitrogens is 1. The fourth-order valence-corrected chi connectivity index (χ4v) is 1.55. The zero-order valence-corrected chi connectivity index (χ0v) is 10.6. The highest BCUT2D eigenvalue weighted by molar-refractivity contribution is 5.82. The van der Waals surface area contributed by atoms with Crippen molar-refractivity contribution in [3.8, 4) is 0 Å². The van der Waals surface area contributed by atoms with Gasteiger partial charge in [-0.15, -0.1) is 0 Å². The van der Waals surface area contributed by atoms with E-state index in [1.54, 1.807) is 19.9 Å². The average Bonchev–Trinajstić information content (AvgIpc) is 2.72. The second-order valence-corrected chi connectivity index (χ2v) is 3.96. The molecule has 0 saturated heterocycles. The van der Waals surface area contributed by atoms with Crippen LogP contribution in [0.25, 0.3) is 0 Å². The van der Waals surface area contributed by atoms with Crippen molar-refractivity contribution < 1.29 is 19.2 Å². The van der Waals surface area contributed by atoms with Crippen LogP contribution >= 0.6 is 0 Å². The summed E-state index contributed by atoms with van der Waals surface area (Å²) in [5, 5.41) is 15.2. The molecule has 2 amide bonds. The SMILES string of the molecule is CCC(C(=O)O)N(C)C(=O)NCc1cc(C)on1. The Hall–Kier alpha value is -2.05. The van der Waals surface area contributed by atoms with Crippen molar-refractivity contribution in [1.82, 2.24) is 15.4 Å². The lowest BCUT2D eigenvalue weighted by Gasteiger charge is -2.23. The third-order valence-electron chi connectivity index (χ3n) is 2.56. The molecule has 18 heavy (non-hydrogen) atoms. The maximum absolute atomic E-state index is 11.7. The number of aryl methyl sites for hydroxylation is 1. The van der Waals surface area contributed by atoms with Gasteiger partial charge in [-0.2, -0.15) is 0 Å². The number of likely N-dealkylation sites (N-methyl/N-ethyl adjacent to an activating group) is 1. The van der Waals surface area contributed by atoms with E-state index in [1.165, 1.54) is 7.05 Å². The van der Waals surface area contributed by atoms with Crippen LogP contribution in [-0.2, 0) is 11.3 Å². The molecule has 0 radical (unpaired) electrons. The third-order valence-corrected chi connectivity index (χ3v) is 2.56. The Morgan fingerprint density at radius 1 is 1.61 bits per heavy atom. The van der Waals surface area contributed by atoms with Gasteiger partial charge >= 0.3 is 12.0 Å². The Labute approximate surface area is 105 Å². The first-order valence-electron chi connectivity index (χ1n) is 5.61. The second kappa shape index (κ2) is 6.04. The number of carboxylic acids is 1. The van der Waals surface area contributed by atoms with Gasteiger partial charge in [0.05, 0.1) is 6.54 Å². The van der Waals surface area contributed by atoms with Crippen LogP contribution in [0.5, 0.6) is 0 Å². The summed E-state index contributed by atoms with van der Waals surface area (Å²) in [5.74, 6) is -0.364. The van der Waals surface area contributed by atoms with E-state index >= 15 is 0 Å². The highest BCUT2D eigenvalue weighted by Crippen LogP contribution is 2.04. The van der Waals surface area contributed by atoms with Gasteiger partial charge in [-0.3, -0.25) is 0 Å². The zero-order valence-electron chi connectivity index (χ0n) is 10.6. The van der Waals surface area contributed by atoms with Gasteiger partial charge in [0.25, 0.3) is 0 Å². The summed E-state index contributed by atoms with van der Waals surface area (Å²) in [6.07, 6.45) is 0.350. The molecule has 0 aliphatic rings. The molecule has 0 spiro atoms. The normalized spacial score (nSPS) is 11.9. The number of nitrogens with zero attached hydrogens (tertiary/aromatic N) is 2. The minimum absolute atomic E-state index is 0.205. The van der Waals surface area contributed by atoms with Gasteiger partial charge in [0.2, 0.25) is 0 Å². The highest BCUT2D eigenvalue weighted by Gasteiger charge is 2.24. The van der Waals surface area contributed by atoms with Crippen LogP contribution in [0.4, 0.5) is 4.79 Å². The smallest absolute Gasteiger partial charge is 0.326 e. The summed E-state index contributed by atoms with van der Waals surface area (Å²) in [6, 6.07) is 0.420. The first-order valence-corrected chi connectivity index (χ1v) is 5.61. The Bertz CT molecular complexity index is 430. The fraction of sp³-hybridized carbons (Fsp3) is 0.545. The van der Waals surface area contributed by atoms with Gasteiger partial charge < -0.3 is 19.8 Å². The van der Waals surface area contributed by atoms with E-state index in [9.17, 15) is 9.59 Å². The van der Waals surface area contributed by atoms with Crippen LogP contribution in [0.15, 0.2) is 10.6 Å². The van der Waals surface area contributed by atoms with E-state index in [-0.39, 0.29) is 6.54 Å². The molecule has 0 aromatic carbocycles. The van der Waals surface area contributed by atoms with Crippen molar-refractivity contribution in [3.05, 3.63) is 17.5 Å². The third kappa shape index (κ3) is 3.47. The van der Waals surface area contributed by atoms with Gasteiger partial charge in [-0.05, 0) is 13.3 Å². The largest absolute Gasteiger partial charge is 0.480 e. The van der Waals surface area contributed by atoms with Crippen LogP contribution in [0.2, 0.25) is 0 Å². The summed E-state index contributed by atoms with van der Waals surface area (Å²) < 4.78 is 4.86. The van der Waals surface area contributed by atoms with Crippen molar-refractivity contribution in [2.75, 3.05) is 7.05 Å². The molecule has 7 nitrogen and oxygen atoms in total. The summed E-state index contributed by atoms with van der Waals surface area (Å²) in [7, 11) is 1.45. The topological polar surface area (TPSA) is 95.7 Å². The van der Waals surface area contributed by atoms with Crippen LogP contribution < -0.4 is 5.32 Å². The highest BCUT2D eigenvalue weighted by atomic mass is 16.5. The molecule has 0 fully saturated rings. The molecule has 0 bridgehead atoms. The molecular weight excluding hydrogens is 238 g/mol. The van der Waals surface area contributed by atoms with E-state index < -0.39 is 18.0 Å². The number of aliphatic carboxylic acids is 1. The molecular formula is C11H17N3O4. The molecule has 1 aromatic heterocycles. The van der Waals surface area contributed by atoms with Crippen LogP contribution in [0.1, 0.15) is 24.8 Å². The minimum atomic E-state index is -1.02. The van der Waals surface area contributed by atoms with E-state index in [2.05, 4.69) is 10.5 Å². The van der Waals surface area contributed by atoms with Crippen LogP contribution in [0.3, 0.4) is 0 Å². The first kappa shape index (κ1) is 14.0. The van der Waals surface area contributed by atoms with Gasteiger partial charge in [0.15, 0.2) is 0 Å². The number of amides is 2. The van der Waals surface area contributed by atoms with E-state index in [0.29, 0.717) is 17.9 Å². The Morgan fingerprint density at radius 2 is 2.28 bits per heavy atom. The van der Waals surface area contributed by atoms with Gasteiger partial charge in [-0.25, -0.2) is 9.59 Å². The monoisotopic (exact) mass is 255 g/mol. The van der Waals surface area contributed by atoms with Crippen molar-refractivity contribution in [2.45, 2.75) is 32.9 Å². The molecule has 1 aromatic rings. The Morgan fingerprint density at radius 3 is 2.72 bits per heavy atom. The molecule has 0 saturated carbocycles. The zero-order chi connectivity index (χ0) is 13.7. The van der Waals surface area contributed by atoms with E-state index in [1.807, 2.05) is 0 Å². The molecule has 1 heterocycles. The summed E-state index contributed by atoms with van der Waals surface area (Å²) in [4.78, 5) is 23.8. The van der Waals surface area contributed by atoms with Crippen LogP contribution in [0, 0.1) is 6.92 Å². The minimum Gasteiger partial charge on any atom is -0.480 e. The molecule has 1 rings (SSSR count). The summed E-state index contributed by atoms with van der Waals surface area (Å²) >= 11 is 0. The maximum atomic E-state index is 11.7. The van der Waals surface area contributed by atoms with Crippen molar-refractivity contribution in [3.63, 3.8) is 0 Å². The lowest BCUT2D eigenvalue weighted by Crippen LogP contribution is -2.46. The molecule has 7 heteroatoms. The lowest BCUT2D eigenvalue weighted by molar-refractivity contribution is -0.141. The summed E-state index contributed by atoms with van der Waals surface area (Å²) in [5.41, 5.74) is 0.595.